The molecule has 1 aliphatic rings. The molecule has 1 aromatic heterocycles. The number of aromatic nitrogens is 2. The lowest BCUT2D eigenvalue weighted by Crippen LogP contribution is -2.32. The average Bonchev–Trinajstić information content (AvgIpc) is 3.19. The lowest BCUT2D eigenvalue weighted by molar-refractivity contribution is 0.0601. The molecule has 2 N–H and O–H groups in total. The Labute approximate surface area is 157 Å². The summed E-state index contributed by atoms with van der Waals surface area (Å²) in [4.78, 5) is 32.9. The van der Waals surface area contributed by atoms with Crippen LogP contribution in [0, 0.1) is 6.92 Å². The summed E-state index contributed by atoms with van der Waals surface area (Å²) < 4.78 is 10.3. The van der Waals surface area contributed by atoms with Crippen LogP contribution in [0.1, 0.15) is 39.4 Å². The van der Waals surface area contributed by atoms with Gasteiger partial charge in [-0.2, -0.15) is 0 Å². The minimum Gasteiger partial charge on any atom is -0.465 e. The molecular formula is C19H22N4O4. The van der Waals surface area contributed by atoms with E-state index in [0.717, 1.165) is 19.4 Å². The third-order valence-corrected chi connectivity index (χ3v) is 4.18. The second kappa shape index (κ2) is 8.59. The summed E-state index contributed by atoms with van der Waals surface area (Å²) >= 11 is 0. The number of amides is 1. The molecular weight excluding hydrogens is 348 g/mol. The van der Waals surface area contributed by atoms with Crippen molar-refractivity contribution in [2.24, 2.45) is 0 Å². The first-order valence-corrected chi connectivity index (χ1v) is 8.76. The van der Waals surface area contributed by atoms with Gasteiger partial charge in [-0.15, -0.1) is 0 Å². The first kappa shape index (κ1) is 18.8. The van der Waals surface area contributed by atoms with Gasteiger partial charge in [-0.1, -0.05) is 12.1 Å². The summed E-state index contributed by atoms with van der Waals surface area (Å²) in [6.07, 6.45) is 2.02. The van der Waals surface area contributed by atoms with Crippen molar-refractivity contribution in [3.63, 3.8) is 0 Å². The molecule has 1 atom stereocenters. The predicted molar refractivity (Wildman–Crippen MR) is 99.1 cm³/mol. The molecule has 0 radical (unpaired) electrons. The fraction of sp³-hybridized carbons (Fsp3) is 0.368. The number of anilines is 2. The quantitative estimate of drug-likeness (QED) is 0.752. The summed E-state index contributed by atoms with van der Waals surface area (Å²) in [6.45, 7) is 2.96. The topological polar surface area (TPSA) is 102 Å². The van der Waals surface area contributed by atoms with Gasteiger partial charge in [0.15, 0.2) is 0 Å². The number of benzene rings is 1. The van der Waals surface area contributed by atoms with E-state index in [4.69, 9.17) is 9.47 Å². The Morgan fingerprint density at radius 2 is 2.11 bits per heavy atom. The number of aryl methyl sites for hydroxylation is 1. The SMILES string of the molecule is COC(=O)c1ccccc1Nc1nc(C)cc(C(=O)NCC2CCCO2)n1. The van der Waals surface area contributed by atoms with Crippen molar-refractivity contribution in [2.75, 3.05) is 25.6 Å². The highest BCUT2D eigenvalue weighted by Crippen LogP contribution is 2.20. The molecule has 0 aliphatic carbocycles. The van der Waals surface area contributed by atoms with E-state index in [1.165, 1.54) is 7.11 Å². The minimum absolute atomic E-state index is 0.0569. The highest BCUT2D eigenvalue weighted by atomic mass is 16.5. The number of nitrogens with zero attached hydrogens (tertiary/aromatic N) is 2. The molecule has 2 aromatic rings. The highest BCUT2D eigenvalue weighted by molar-refractivity contribution is 5.96. The minimum atomic E-state index is -0.472. The molecule has 1 unspecified atom stereocenters. The maximum atomic E-state index is 12.4. The summed E-state index contributed by atoms with van der Waals surface area (Å²) in [6, 6.07) is 8.48. The van der Waals surface area contributed by atoms with Gasteiger partial charge in [0.25, 0.3) is 5.91 Å². The lowest BCUT2D eigenvalue weighted by Gasteiger charge is -2.12. The Bertz CT molecular complexity index is 834. The molecule has 0 bridgehead atoms. The van der Waals surface area contributed by atoms with Crippen LogP contribution in [0.25, 0.3) is 0 Å². The van der Waals surface area contributed by atoms with Crippen LogP contribution >= 0.6 is 0 Å². The van der Waals surface area contributed by atoms with Gasteiger partial charge < -0.3 is 20.1 Å². The van der Waals surface area contributed by atoms with Crippen LogP contribution in [-0.4, -0.2) is 48.2 Å². The fourth-order valence-electron chi connectivity index (χ4n) is 2.84. The Morgan fingerprint density at radius 1 is 1.30 bits per heavy atom. The van der Waals surface area contributed by atoms with Crippen molar-refractivity contribution < 1.29 is 19.1 Å². The number of ether oxygens (including phenoxy) is 2. The van der Waals surface area contributed by atoms with E-state index in [2.05, 4.69) is 20.6 Å². The molecule has 0 spiro atoms. The van der Waals surface area contributed by atoms with E-state index in [1.54, 1.807) is 37.3 Å². The molecule has 1 aromatic carbocycles. The first-order valence-electron chi connectivity index (χ1n) is 8.76. The average molecular weight is 370 g/mol. The molecule has 142 valence electrons. The largest absolute Gasteiger partial charge is 0.465 e. The Balaban J connectivity index is 1.75. The molecule has 1 fully saturated rings. The number of hydrogen-bond acceptors (Lipinski definition) is 7. The smallest absolute Gasteiger partial charge is 0.339 e. The van der Waals surface area contributed by atoms with Gasteiger partial charge in [0.2, 0.25) is 5.95 Å². The lowest BCUT2D eigenvalue weighted by atomic mass is 10.2. The second-order valence-electron chi connectivity index (χ2n) is 6.23. The molecule has 2 heterocycles. The van der Waals surface area contributed by atoms with Gasteiger partial charge in [-0.3, -0.25) is 4.79 Å². The molecule has 8 nitrogen and oxygen atoms in total. The maximum Gasteiger partial charge on any atom is 0.339 e. The molecule has 1 aliphatic heterocycles. The van der Waals surface area contributed by atoms with E-state index in [-0.39, 0.29) is 23.7 Å². The summed E-state index contributed by atoms with van der Waals surface area (Å²) in [7, 11) is 1.32. The molecule has 3 rings (SSSR count). The van der Waals surface area contributed by atoms with Crippen LogP contribution in [0.2, 0.25) is 0 Å². The van der Waals surface area contributed by atoms with Gasteiger partial charge in [0.1, 0.15) is 5.69 Å². The number of nitrogens with one attached hydrogen (secondary N) is 2. The van der Waals surface area contributed by atoms with Crippen molar-refractivity contribution >= 4 is 23.5 Å². The molecule has 27 heavy (non-hydrogen) atoms. The zero-order valence-electron chi connectivity index (χ0n) is 15.3. The Kier molecular flexibility index (Phi) is 5.97. The highest BCUT2D eigenvalue weighted by Gasteiger charge is 2.18. The summed E-state index contributed by atoms with van der Waals surface area (Å²) in [5, 5.41) is 5.84. The van der Waals surface area contributed by atoms with Crippen LogP contribution in [0.5, 0.6) is 0 Å². The molecule has 0 saturated carbocycles. The molecule has 8 heteroatoms. The number of para-hydroxylation sites is 1. The number of methoxy groups -OCH3 is 1. The van der Waals surface area contributed by atoms with E-state index in [0.29, 0.717) is 23.5 Å². The number of carbonyl (C=O) groups is 2. The van der Waals surface area contributed by atoms with Crippen LogP contribution in [0.15, 0.2) is 30.3 Å². The van der Waals surface area contributed by atoms with E-state index >= 15 is 0 Å². The zero-order valence-corrected chi connectivity index (χ0v) is 15.3. The maximum absolute atomic E-state index is 12.4. The third kappa shape index (κ3) is 4.79. The van der Waals surface area contributed by atoms with Crippen LogP contribution in [0.3, 0.4) is 0 Å². The van der Waals surface area contributed by atoms with Crippen LogP contribution in [0.4, 0.5) is 11.6 Å². The number of hydrogen-bond donors (Lipinski definition) is 2. The molecule has 1 saturated heterocycles. The Morgan fingerprint density at radius 3 is 2.85 bits per heavy atom. The van der Waals surface area contributed by atoms with Gasteiger partial charge >= 0.3 is 5.97 Å². The summed E-state index contributed by atoms with van der Waals surface area (Å²) in [5.41, 5.74) is 1.74. The van der Waals surface area contributed by atoms with Crippen molar-refractivity contribution in [2.45, 2.75) is 25.9 Å². The van der Waals surface area contributed by atoms with Gasteiger partial charge in [0.05, 0.1) is 24.5 Å². The Hall–Kier alpha value is -3.00. The van der Waals surface area contributed by atoms with Gasteiger partial charge in [0, 0.05) is 18.8 Å². The number of carbonyl (C=O) groups excluding carboxylic acids is 2. The van der Waals surface area contributed by atoms with E-state index in [1.807, 2.05) is 0 Å². The second-order valence-corrected chi connectivity index (χ2v) is 6.23. The van der Waals surface area contributed by atoms with Crippen LogP contribution < -0.4 is 10.6 Å². The normalized spacial score (nSPS) is 16.0. The fourth-order valence-corrected chi connectivity index (χ4v) is 2.84. The van der Waals surface area contributed by atoms with Gasteiger partial charge in [-0.25, -0.2) is 14.8 Å². The van der Waals surface area contributed by atoms with Crippen molar-refractivity contribution in [1.82, 2.24) is 15.3 Å². The summed E-state index contributed by atoms with van der Waals surface area (Å²) in [5.74, 6) is -0.533. The van der Waals surface area contributed by atoms with Crippen molar-refractivity contribution in [3.05, 3.63) is 47.3 Å². The standard InChI is InChI=1S/C19H22N4O4/c1-12-10-16(17(24)20-11-13-6-5-9-27-13)23-19(21-12)22-15-8-4-3-7-14(15)18(25)26-2/h3-4,7-8,10,13H,5-6,9,11H2,1-2H3,(H,20,24)(H,21,22,23). The van der Waals surface area contributed by atoms with Crippen LogP contribution in [-0.2, 0) is 9.47 Å². The van der Waals surface area contributed by atoms with Crippen molar-refractivity contribution in [1.29, 1.82) is 0 Å². The molecule has 1 amide bonds. The van der Waals surface area contributed by atoms with E-state index < -0.39 is 5.97 Å². The third-order valence-electron chi connectivity index (χ3n) is 4.18. The number of rotatable bonds is 6. The predicted octanol–water partition coefficient (Wildman–Crippen LogP) is 2.22. The van der Waals surface area contributed by atoms with Crippen molar-refractivity contribution in [3.8, 4) is 0 Å². The number of esters is 1. The first-order chi connectivity index (χ1) is 13.1. The zero-order chi connectivity index (χ0) is 19.2. The van der Waals surface area contributed by atoms with E-state index in [9.17, 15) is 9.59 Å². The van der Waals surface area contributed by atoms with Gasteiger partial charge in [-0.05, 0) is 38.0 Å². The monoisotopic (exact) mass is 370 g/mol.